The van der Waals surface area contributed by atoms with Gasteiger partial charge in [0.1, 0.15) is 0 Å². The van der Waals surface area contributed by atoms with E-state index in [0.29, 0.717) is 17.6 Å². The Labute approximate surface area is 130 Å². The predicted molar refractivity (Wildman–Crippen MR) is 84.4 cm³/mol. The van der Waals surface area contributed by atoms with Gasteiger partial charge in [-0.1, -0.05) is 58.4 Å². The monoisotopic (exact) mass is 341 g/mol. The summed E-state index contributed by atoms with van der Waals surface area (Å²) in [5, 5.41) is 2.39. The molecule has 1 N–H and O–H groups in total. The first-order valence-electron chi connectivity index (χ1n) is 6.54. The van der Waals surface area contributed by atoms with Crippen LogP contribution in [0.4, 0.5) is 0 Å². The summed E-state index contributed by atoms with van der Waals surface area (Å²) in [6.45, 7) is 0. The van der Waals surface area contributed by atoms with Crippen LogP contribution in [-0.2, 0) is 16.0 Å². The lowest BCUT2D eigenvalue weighted by Gasteiger charge is -2.05. The highest BCUT2D eigenvalue weighted by Crippen LogP contribution is 2.27. The highest BCUT2D eigenvalue weighted by atomic mass is 79.9. The lowest BCUT2D eigenvalue weighted by Crippen LogP contribution is -2.23. The maximum absolute atomic E-state index is 12.1. The van der Waals surface area contributed by atoms with E-state index in [1.165, 1.54) is 0 Å². The molecule has 2 aromatic rings. The molecule has 0 atom stereocenters. The van der Waals surface area contributed by atoms with Crippen molar-refractivity contribution in [3.8, 4) is 0 Å². The van der Waals surface area contributed by atoms with E-state index in [1.807, 2.05) is 54.6 Å². The number of nitrogens with one attached hydrogen (secondary N) is 1. The lowest BCUT2D eigenvalue weighted by atomic mass is 9.97. The van der Waals surface area contributed by atoms with Crippen LogP contribution in [0.15, 0.2) is 64.6 Å². The van der Waals surface area contributed by atoms with Gasteiger partial charge in [0.2, 0.25) is 0 Å². The normalized spacial score (nSPS) is 14.5. The zero-order valence-electron chi connectivity index (χ0n) is 11.1. The number of hydrogen-bond donors (Lipinski definition) is 1. The molecule has 1 aliphatic rings. The van der Waals surface area contributed by atoms with Gasteiger partial charge < -0.3 is 0 Å². The Balaban J connectivity index is 2.05. The molecule has 0 fully saturated rings. The molecule has 0 spiro atoms. The quantitative estimate of drug-likeness (QED) is 0.872. The molecule has 4 heteroatoms. The Morgan fingerprint density at radius 2 is 1.52 bits per heavy atom. The van der Waals surface area contributed by atoms with Crippen molar-refractivity contribution in [2.75, 3.05) is 0 Å². The summed E-state index contributed by atoms with van der Waals surface area (Å²) in [7, 11) is 0. The molecule has 3 nitrogen and oxygen atoms in total. The number of hydrogen-bond acceptors (Lipinski definition) is 2. The molecular weight excluding hydrogens is 330 g/mol. The van der Waals surface area contributed by atoms with Crippen molar-refractivity contribution in [2.24, 2.45) is 0 Å². The standard InChI is InChI=1S/C17H12BrNO2/c18-13-8-6-12(7-9-13)15-14(16(20)19-17(15)21)10-11-4-2-1-3-5-11/h1-9H,10H2,(H,19,20,21). The summed E-state index contributed by atoms with van der Waals surface area (Å²) in [5.41, 5.74) is 2.75. The Hall–Kier alpha value is -2.20. The van der Waals surface area contributed by atoms with Gasteiger partial charge in [-0.2, -0.15) is 0 Å². The van der Waals surface area contributed by atoms with Gasteiger partial charge in [-0.3, -0.25) is 14.9 Å². The molecule has 0 radical (unpaired) electrons. The average Bonchev–Trinajstić information content (AvgIpc) is 2.76. The molecule has 0 unspecified atom stereocenters. The number of imide groups is 1. The minimum Gasteiger partial charge on any atom is -0.288 e. The third kappa shape index (κ3) is 2.81. The van der Waals surface area contributed by atoms with Crippen molar-refractivity contribution < 1.29 is 9.59 Å². The minimum absolute atomic E-state index is 0.304. The van der Waals surface area contributed by atoms with Crippen LogP contribution in [-0.4, -0.2) is 11.8 Å². The van der Waals surface area contributed by atoms with Gasteiger partial charge in [0.05, 0.1) is 5.57 Å². The van der Waals surface area contributed by atoms with E-state index in [4.69, 9.17) is 0 Å². The molecule has 2 amide bonds. The van der Waals surface area contributed by atoms with E-state index in [9.17, 15) is 9.59 Å². The van der Waals surface area contributed by atoms with Crippen LogP contribution in [0, 0.1) is 0 Å². The Kier molecular flexibility index (Phi) is 3.71. The molecule has 0 saturated heterocycles. The summed E-state index contributed by atoms with van der Waals surface area (Å²) in [6, 6.07) is 17.0. The highest BCUT2D eigenvalue weighted by Gasteiger charge is 2.30. The SMILES string of the molecule is O=C1NC(=O)C(c2ccc(Br)cc2)=C1Cc1ccccc1. The van der Waals surface area contributed by atoms with Crippen LogP contribution in [0.2, 0.25) is 0 Å². The fourth-order valence-electron chi connectivity index (χ4n) is 2.38. The van der Waals surface area contributed by atoms with Crippen molar-refractivity contribution >= 4 is 33.3 Å². The van der Waals surface area contributed by atoms with E-state index in [2.05, 4.69) is 21.2 Å². The topological polar surface area (TPSA) is 46.2 Å². The fraction of sp³-hybridized carbons (Fsp3) is 0.0588. The van der Waals surface area contributed by atoms with Gasteiger partial charge in [0, 0.05) is 16.5 Å². The van der Waals surface area contributed by atoms with Crippen molar-refractivity contribution in [1.29, 1.82) is 0 Å². The number of carbonyl (C=O) groups excluding carboxylic acids is 2. The molecular formula is C17H12BrNO2. The first kappa shape index (κ1) is 13.8. The summed E-state index contributed by atoms with van der Waals surface area (Å²) >= 11 is 3.37. The summed E-state index contributed by atoms with van der Waals surface area (Å²) in [4.78, 5) is 24.1. The molecule has 1 aliphatic heterocycles. The largest absolute Gasteiger partial charge is 0.288 e. The maximum atomic E-state index is 12.1. The lowest BCUT2D eigenvalue weighted by molar-refractivity contribution is -0.123. The summed E-state index contributed by atoms with van der Waals surface area (Å²) in [5.74, 6) is -0.630. The van der Waals surface area contributed by atoms with Crippen LogP contribution < -0.4 is 5.32 Å². The first-order chi connectivity index (χ1) is 10.1. The second kappa shape index (κ2) is 5.66. The van der Waals surface area contributed by atoms with Crippen molar-refractivity contribution in [3.63, 3.8) is 0 Å². The molecule has 3 rings (SSSR count). The van der Waals surface area contributed by atoms with Gasteiger partial charge in [-0.15, -0.1) is 0 Å². The molecule has 0 aliphatic carbocycles. The number of benzene rings is 2. The second-order valence-corrected chi connectivity index (χ2v) is 5.72. The predicted octanol–water partition coefficient (Wildman–Crippen LogP) is 3.10. The Morgan fingerprint density at radius 1 is 0.857 bits per heavy atom. The van der Waals surface area contributed by atoms with E-state index in [-0.39, 0.29) is 11.8 Å². The third-order valence-corrected chi connectivity index (χ3v) is 3.92. The molecule has 21 heavy (non-hydrogen) atoms. The van der Waals surface area contributed by atoms with Crippen LogP contribution >= 0.6 is 15.9 Å². The molecule has 0 saturated carbocycles. The minimum atomic E-state index is -0.326. The maximum Gasteiger partial charge on any atom is 0.259 e. The van der Waals surface area contributed by atoms with Crippen molar-refractivity contribution in [1.82, 2.24) is 5.32 Å². The van der Waals surface area contributed by atoms with Crippen LogP contribution in [0.1, 0.15) is 11.1 Å². The zero-order valence-corrected chi connectivity index (χ0v) is 12.7. The van der Waals surface area contributed by atoms with Gasteiger partial charge in [-0.25, -0.2) is 0 Å². The second-order valence-electron chi connectivity index (χ2n) is 4.81. The smallest absolute Gasteiger partial charge is 0.259 e. The van der Waals surface area contributed by atoms with Gasteiger partial charge in [-0.05, 0) is 23.3 Å². The molecule has 104 valence electrons. The molecule has 0 aromatic heterocycles. The van der Waals surface area contributed by atoms with Crippen LogP contribution in [0.5, 0.6) is 0 Å². The van der Waals surface area contributed by atoms with Gasteiger partial charge >= 0.3 is 0 Å². The number of halogens is 1. The molecule has 1 heterocycles. The Bertz CT molecular complexity index is 733. The van der Waals surface area contributed by atoms with Crippen molar-refractivity contribution in [2.45, 2.75) is 6.42 Å². The van der Waals surface area contributed by atoms with E-state index < -0.39 is 0 Å². The fourth-order valence-corrected chi connectivity index (χ4v) is 2.65. The zero-order chi connectivity index (χ0) is 14.8. The number of rotatable bonds is 3. The highest BCUT2D eigenvalue weighted by molar-refractivity contribution is 9.10. The van der Waals surface area contributed by atoms with E-state index >= 15 is 0 Å². The molecule has 0 bridgehead atoms. The van der Waals surface area contributed by atoms with Gasteiger partial charge in [0.15, 0.2) is 0 Å². The third-order valence-electron chi connectivity index (χ3n) is 3.39. The molecule has 2 aromatic carbocycles. The summed E-state index contributed by atoms with van der Waals surface area (Å²) in [6.07, 6.45) is 0.448. The first-order valence-corrected chi connectivity index (χ1v) is 7.33. The van der Waals surface area contributed by atoms with Crippen molar-refractivity contribution in [3.05, 3.63) is 75.8 Å². The number of carbonyl (C=O) groups is 2. The Morgan fingerprint density at radius 3 is 2.19 bits per heavy atom. The summed E-state index contributed by atoms with van der Waals surface area (Å²) < 4.78 is 0.932. The average molecular weight is 342 g/mol. The van der Waals surface area contributed by atoms with E-state index in [1.54, 1.807) is 0 Å². The number of amides is 2. The van der Waals surface area contributed by atoms with Gasteiger partial charge in [0.25, 0.3) is 11.8 Å². The van der Waals surface area contributed by atoms with Crippen LogP contribution in [0.25, 0.3) is 5.57 Å². The van der Waals surface area contributed by atoms with Crippen LogP contribution in [0.3, 0.4) is 0 Å². The van der Waals surface area contributed by atoms with E-state index in [0.717, 1.165) is 15.6 Å².